The van der Waals surface area contributed by atoms with Crippen LogP contribution in [0.25, 0.3) is 0 Å². The number of anilines is 1. The van der Waals surface area contributed by atoms with E-state index in [9.17, 15) is 8.42 Å². The average molecular weight is 256 g/mol. The lowest BCUT2D eigenvalue weighted by atomic mass is 10.2. The molecule has 1 aromatic rings. The predicted octanol–water partition coefficient (Wildman–Crippen LogP) is 2.00. The topological polar surface area (TPSA) is 63.4 Å². The molecule has 17 heavy (non-hydrogen) atoms. The van der Waals surface area contributed by atoms with Gasteiger partial charge in [-0.2, -0.15) is 4.31 Å². The molecule has 0 radical (unpaired) electrons. The number of benzene rings is 1. The highest BCUT2D eigenvalue weighted by atomic mass is 32.2. The third-order valence-corrected chi connectivity index (χ3v) is 4.89. The molecule has 1 aromatic carbocycles. The standard InChI is InChI=1S/C12H20N2O2S/c1-5-14(9(2)3)17(15,16)11-7-6-10(4)12(13)8-11/h6-9H,5,13H2,1-4H3. The number of nitrogens with zero attached hydrogens (tertiary/aromatic N) is 1. The van der Waals surface area contributed by atoms with E-state index in [1.807, 2.05) is 27.7 Å². The van der Waals surface area contributed by atoms with Crippen molar-refractivity contribution in [2.24, 2.45) is 0 Å². The van der Waals surface area contributed by atoms with Crippen molar-refractivity contribution in [2.75, 3.05) is 12.3 Å². The monoisotopic (exact) mass is 256 g/mol. The summed E-state index contributed by atoms with van der Waals surface area (Å²) < 4.78 is 26.1. The number of sulfonamides is 1. The summed E-state index contributed by atoms with van der Waals surface area (Å²) in [5.41, 5.74) is 7.14. The molecule has 0 aliphatic carbocycles. The summed E-state index contributed by atoms with van der Waals surface area (Å²) >= 11 is 0. The Morgan fingerprint density at radius 2 is 1.94 bits per heavy atom. The van der Waals surface area contributed by atoms with Crippen LogP contribution in [0.3, 0.4) is 0 Å². The highest BCUT2D eigenvalue weighted by Crippen LogP contribution is 2.22. The van der Waals surface area contributed by atoms with E-state index in [2.05, 4.69) is 0 Å². The molecule has 0 spiro atoms. The average Bonchev–Trinajstić information content (AvgIpc) is 2.21. The first-order valence-corrected chi connectivity index (χ1v) is 7.12. The zero-order valence-electron chi connectivity index (χ0n) is 10.8. The summed E-state index contributed by atoms with van der Waals surface area (Å²) in [6, 6.07) is 4.80. The molecular formula is C12H20N2O2S. The minimum absolute atomic E-state index is 0.0625. The molecule has 0 bridgehead atoms. The molecule has 0 aromatic heterocycles. The van der Waals surface area contributed by atoms with Crippen LogP contribution >= 0.6 is 0 Å². The van der Waals surface area contributed by atoms with Gasteiger partial charge in [0.15, 0.2) is 0 Å². The van der Waals surface area contributed by atoms with Gasteiger partial charge >= 0.3 is 0 Å². The van der Waals surface area contributed by atoms with E-state index in [0.29, 0.717) is 12.2 Å². The van der Waals surface area contributed by atoms with E-state index < -0.39 is 10.0 Å². The molecule has 0 unspecified atom stereocenters. The fourth-order valence-corrected chi connectivity index (χ4v) is 3.41. The molecule has 5 heteroatoms. The lowest BCUT2D eigenvalue weighted by Crippen LogP contribution is -2.36. The van der Waals surface area contributed by atoms with Gasteiger partial charge in [-0.15, -0.1) is 0 Å². The van der Waals surface area contributed by atoms with Gasteiger partial charge in [-0.3, -0.25) is 0 Å². The fraction of sp³-hybridized carbons (Fsp3) is 0.500. The fourth-order valence-electron chi connectivity index (χ4n) is 1.73. The van der Waals surface area contributed by atoms with E-state index in [4.69, 9.17) is 5.73 Å². The number of nitrogens with two attached hydrogens (primary N) is 1. The van der Waals surface area contributed by atoms with Crippen molar-refractivity contribution in [1.29, 1.82) is 0 Å². The second kappa shape index (κ2) is 5.06. The third-order valence-electron chi connectivity index (χ3n) is 2.74. The molecule has 1 rings (SSSR count). The summed E-state index contributed by atoms with van der Waals surface area (Å²) in [6.07, 6.45) is 0. The molecule has 4 nitrogen and oxygen atoms in total. The number of aryl methyl sites for hydroxylation is 1. The SMILES string of the molecule is CCN(C(C)C)S(=O)(=O)c1ccc(C)c(N)c1. The van der Waals surface area contributed by atoms with Crippen LogP contribution in [0.5, 0.6) is 0 Å². The molecule has 0 saturated heterocycles. The lowest BCUT2D eigenvalue weighted by molar-refractivity contribution is 0.369. The molecule has 0 atom stereocenters. The van der Waals surface area contributed by atoms with Gasteiger partial charge in [-0.05, 0) is 38.5 Å². The van der Waals surface area contributed by atoms with E-state index in [1.54, 1.807) is 12.1 Å². The predicted molar refractivity (Wildman–Crippen MR) is 70.3 cm³/mol. The van der Waals surface area contributed by atoms with E-state index in [0.717, 1.165) is 5.56 Å². The van der Waals surface area contributed by atoms with Crippen molar-refractivity contribution < 1.29 is 8.42 Å². The summed E-state index contributed by atoms with van der Waals surface area (Å²) in [5.74, 6) is 0. The van der Waals surface area contributed by atoms with Gasteiger partial charge in [0.05, 0.1) is 4.90 Å². The van der Waals surface area contributed by atoms with Crippen LogP contribution in [0, 0.1) is 6.92 Å². The zero-order valence-corrected chi connectivity index (χ0v) is 11.6. The minimum Gasteiger partial charge on any atom is -0.398 e. The van der Waals surface area contributed by atoms with Gasteiger partial charge < -0.3 is 5.73 Å². The first kappa shape index (κ1) is 14.0. The normalized spacial score (nSPS) is 12.4. The first-order chi connectivity index (χ1) is 7.80. The number of rotatable bonds is 4. The molecule has 0 aliphatic heterocycles. The van der Waals surface area contributed by atoms with Gasteiger partial charge in [0.2, 0.25) is 10.0 Å². The smallest absolute Gasteiger partial charge is 0.243 e. The first-order valence-electron chi connectivity index (χ1n) is 5.68. The van der Waals surface area contributed by atoms with E-state index in [-0.39, 0.29) is 10.9 Å². The Bertz CT molecular complexity index is 495. The number of hydrogen-bond donors (Lipinski definition) is 1. The van der Waals surface area contributed by atoms with Crippen LogP contribution in [0.4, 0.5) is 5.69 Å². The van der Waals surface area contributed by atoms with Gasteiger partial charge in [0.1, 0.15) is 0 Å². The quantitative estimate of drug-likeness (QED) is 0.838. The molecular weight excluding hydrogens is 236 g/mol. The van der Waals surface area contributed by atoms with Gasteiger partial charge in [0.25, 0.3) is 0 Å². The Morgan fingerprint density at radius 3 is 2.35 bits per heavy atom. The Morgan fingerprint density at radius 1 is 1.35 bits per heavy atom. The van der Waals surface area contributed by atoms with Crippen LogP contribution in [0.2, 0.25) is 0 Å². The Kier molecular flexibility index (Phi) is 4.16. The molecule has 0 aliphatic rings. The van der Waals surface area contributed by atoms with Crippen molar-refractivity contribution in [2.45, 2.75) is 38.6 Å². The molecule has 2 N–H and O–H groups in total. The van der Waals surface area contributed by atoms with Crippen LogP contribution in [0.15, 0.2) is 23.1 Å². The molecule has 96 valence electrons. The third kappa shape index (κ3) is 2.79. The second-order valence-electron chi connectivity index (χ2n) is 4.32. The Hall–Kier alpha value is -1.07. The molecule has 0 saturated carbocycles. The molecule has 0 fully saturated rings. The maximum Gasteiger partial charge on any atom is 0.243 e. The zero-order chi connectivity index (χ0) is 13.2. The Labute approximate surface area is 103 Å². The van der Waals surface area contributed by atoms with Crippen LogP contribution in [-0.4, -0.2) is 25.3 Å². The second-order valence-corrected chi connectivity index (χ2v) is 6.21. The van der Waals surface area contributed by atoms with Gasteiger partial charge in [-0.1, -0.05) is 13.0 Å². The van der Waals surface area contributed by atoms with Crippen molar-refractivity contribution in [3.05, 3.63) is 23.8 Å². The summed E-state index contributed by atoms with van der Waals surface area (Å²) in [5, 5.41) is 0. The van der Waals surface area contributed by atoms with E-state index >= 15 is 0 Å². The van der Waals surface area contributed by atoms with Crippen molar-refractivity contribution >= 4 is 15.7 Å². The lowest BCUT2D eigenvalue weighted by Gasteiger charge is -2.24. The molecule has 0 heterocycles. The summed E-state index contributed by atoms with van der Waals surface area (Å²) in [6.45, 7) is 7.85. The minimum atomic E-state index is -3.44. The van der Waals surface area contributed by atoms with Gasteiger partial charge in [-0.25, -0.2) is 8.42 Å². The highest BCUT2D eigenvalue weighted by molar-refractivity contribution is 7.89. The van der Waals surface area contributed by atoms with Crippen molar-refractivity contribution in [1.82, 2.24) is 4.31 Å². The maximum absolute atomic E-state index is 12.3. The van der Waals surface area contributed by atoms with Crippen LogP contribution in [0.1, 0.15) is 26.3 Å². The summed E-state index contributed by atoms with van der Waals surface area (Å²) in [4.78, 5) is 0.260. The van der Waals surface area contributed by atoms with Crippen molar-refractivity contribution in [3.8, 4) is 0 Å². The largest absolute Gasteiger partial charge is 0.398 e. The van der Waals surface area contributed by atoms with E-state index in [1.165, 1.54) is 10.4 Å². The van der Waals surface area contributed by atoms with Crippen molar-refractivity contribution in [3.63, 3.8) is 0 Å². The maximum atomic E-state index is 12.3. The summed E-state index contributed by atoms with van der Waals surface area (Å²) in [7, 11) is -3.44. The molecule has 0 amide bonds. The van der Waals surface area contributed by atoms with Crippen LogP contribution < -0.4 is 5.73 Å². The number of hydrogen-bond acceptors (Lipinski definition) is 3. The highest BCUT2D eigenvalue weighted by Gasteiger charge is 2.25. The Balaban J connectivity index is 3.25. The van der Waals surface area contributed by atoms with Crippen LogP contribution in [-0.2, 0) is 10.0 Å². The number of nitrogen functional groups attached to an aromatic ring is 1. The van der Waals surface area contributed by atoms with Gasteiger partial charge in [0, 0.05) is 18.3 Å².